The number of benzene rings is 1. The molecule has 1 spiro atoms. The van der Waals surface area contributed by atoms with Gasteiger partial charge in [0.1, 0.15) is 22.9 Å². The molecule has 156 valence electrons. The van der Waals surface area contributed by atoms with E-state index >= 15 is 0 Å². The summed E-state index contributed by atoms with van der Waals surface area (Å²) in [5, 5.41) is 22.2. The van der Waals surface area contributed by atoms with Crippen LogP contribution in [0.3, 0.4) is 0 Å². The minimum absolute atomic E-state index is 0.193. The van der Waals surface area contributed by atoms with E-state index in [0.29, 0.717) is 0 Å². The van der Waals surface area contributed by atoms with E-state index in [1.165, 1.54) is 11.3 Å². The Balaban J connectivity index is 1.59. The van der Waals surface area contributed by atoms with Gasteiger partial charge in [-0.15, -0.1) is 11.3 Å². The molecule has 0 unspecified atom stereocenters. The first-order valence-corrected chi connectivity index (χ1v) is 10.5. The van der Waals surface area contributed by atoms with Crippen molar-refractivity contribution in [2.75, 3.05) is 6.54 Å². The van der Waals surface area contributed by atoms with E-state index in [9.17, 15) is 19.5 Å². The molecule has 1 aromatic heterocycles. The number of carboxylic acids is 1. The van der Waals surface area contributed by atoms with Crippen molar-refractivity contribution >= 4 is 29.1 Å². The maximum Gasteiger partial charge on any atom is 0.322 e. The van der Waals surface area contributed by atoms with Gasteiger partial charge in [0.25, 0.3) is 11.8 Å². The van der Waals surface area contributed by atoms with Crippen molar-refractivity contribution in [1.29, 1.82) is 0 Å². The Labute approximate surface area is 176 Å². The highest BCUT2D eigenvalue weighted by Gasteiger charge is 2.51. The maximum atomic E-state index is 13.2. The summed E-state index contributed by atoms with van der Waals surface area (Å²) in [6.45, 7) is -0.338. The van der Waals surface area contributed by atoms with Crippen LogP contribution in [0.4, 0.5) is 0 Å². The van der Waals surface area contributed by atoms with Crippen molar-refractivity contribution in [3.8, 4) is 10.6 Å². The highest BCUT2D eigenvalue weighted by atomic mass is 32.1. The number of aliphatic hydroxyl groups is 1. The Kier molecular flexibility index (Phi) is 5.29. The minimum Gasteiger partial charge on any atom is -0.511 e. The number of rotatable bonds is 6. The van der Waals surface area contributed by atoms with Gasteiger partial charge in [0, 0.05) is 23.1 Å². The van der Waals surface area contributed by atoms with Gasteiger partial charge in [-0.1, -0.05) is 30.3 Å². The Bertz CT molecular complexity index is 1030. The zero-order valence-electron chi connectivity index (χ0n) is 16.1. The second-order valence-electron chi connectivity index (χ2n) is 7.54. The fourth-order valence-electron chi connectivity index (χ4n) is 3.96. The van der Waals surface area contributed by atoms with Crippen LogP contribution in [0.2, 0.25) is 0 Å². The standard InChI is InChI=1S/C21H21N3O5S/c25-15-9-21(7-4-8-21)24(20(29)17(15)18(28)22-11-16(26)27)12-14-10-23-19(30-14)13-5-2-1-3-6-13/h1-3,5-6,10,25H,4,7-9,11-12H2,(H,22,28)(H,26,27). The zero-order chi connectivity index (χ0) is 21.3. The largest absolute Gasteiger partial charge is 0.511 e. The number of aromatic nitrogens is 1. The van der Waals surface area contributed by atoms with Crippen molar-refractivity contribution in [2.45, 2.75) is 37.8 Å². The molecule has 1 aliphatic heterocycles. The van der Waals surface area contributed by atoms with Gasteiger partial charge in [0.2, 0.25) is 0 Å². The maximum absolute atomic E-state index is 13.2. The lowest BCUT2D eigenvalue weighted by atomic mass is 9.70. The lowest BCUT2D eigenvalue weighted by Gasteiger charge is -2.52. The molecule has 0 radical (unpaired) electrons. The molecule has 1 aromatic carbocycles. The smallest absolute Gasteiger partial charge is 0.322 e. The number of hydrogen-bond donors (Lipinski definition) is 3. The summed E-state index contributed by atoms with van der Waals surface area (Å²) < 4.78 is 0. The molecule has 1 fully saturated rings. The van der Waals surface area contributed by atoms with E-state index in [0.717, 1.165) is 34.7 Å². The van der Waals surface area contributed by atoms with Crippen LogP contribution in [0, 0.1) is 0 Å². The second kappa shape index (κ2) is 7.91. The molecule has 3 N–H and O–H groups in total. The van der Waals surface area contributed by atoms with Gasteiger partial charge in [-0.2, -0.15) is 0 Å². The molecule has 2 heterocycles. The summed E-state index contributed by atoms with van der Waals surface area (Å²) in [5.41, 5.74) is 0.110. The van der Waals surface area contributed by atoms with Gasteiger partial charge < -0.3 is 20.4 Å². The summed E-state index contributed by atoms with van der Waals surface area (Å²) in [6, 6.07) is 9.73. The molecule has 2 aliphatic rings. The molecule has 8 nitrogen and oxygen atoms in total. The Morgan fingerprint density at radius 1 is 1.23 bits per heavy atom. The lowest BCUT2D eigenvalue weighted by Crippen LogP contribution is -2.60. The number of amides is 2. The molecular weight excluding hydrogens is 406 g/mol. The average Bonchev–Trinajstić information content (AvgIpc) is 3.16. The normalized spacial score (nSPS) is 17.7. The molecule has 2 amide bonds. The van der Waals surface area contributed by atoms with E-state index in [1.54, 1.807) is 11.1 Å². The molecule has 0 bridgehead atoms. The predicted octanol–water partition coefficient (Wildman–Crippen LogP) is 2.48. The molecule has 1 saturated carbocycles. The summed E-state index contributed by atoms with van der Waals surface area (Å²) in [5.74, 6) is -2.94. The number of thiazole rings is 1. The average molecular weight is 427 g/mol. The summed E-state index contributed by atoms with van der Waals surface area (Å²) >= 11 is 1.48. The first kappa shape index (κ1) is 20.1. The Morgan fingerprint density at radius 2 is 1.97 bits per heavy atom. The Morgan fingerprint density at radius 3 is 2.60 bits per heavy atom. The van der Waals surface area contributed by atoms with Gasteiger partial charge in [0.15, 0.2) is 0 Å². The molecule has 2 aromatic rings. The van der Waals surface area contributed by atoms with Crippen molar-refractivity contribution in [2.24, 2.45) is 0 Å². The Hall–Kier alpha value is -3.20. The van der Waals surface area contributed by atoms with Crippen molar-refractivity contribution < 1.29 is 24.6 Å². The van der Waals surface area contributed by atoms with Gasteiger partial charge >= 0.3 is 5.97 Å². The van der Waals surface area contributed by atoms with Gasteiger partial charge in [0.05, 0.1) is 12.1 Å². The van der Waals surface area contributed by atoms with E-state index in [-0.39, 0.29) is 24.3 Å². The second-order valence-corrected chi connectivity index (χ2v) is 8.66. The fraction of sp³-hybridized carbons (Fsp3) is 0.333. The number of carboxylic acid groups (broad SMARTS) is 1. The van der Waals surface area contributed by atoms with E-state index < -0.39 is 29.9 Å². The number of aliphatic hydroxyl groups excluding tert-OH is 1. The van der Waals surface area contributed by atoms with E-state index in [2.05, 4.69) is 10.3 Å². The van der Waals surface area contributed by atoms with Crippen LogP contribution in [-0.2, 0) is 20.9 Å². The SMILES string of the molecule is O=C(O)CNC(=O)C1=C(O)CC2(CCC2)N(Cc2cnc(-c3ccccc3)s2)C1=O. The van der Waals surface area contributed by atoms with Crippen molar-refractivity contribution in [1.82, 2.24) is 15.2 Å². The first-order valence-electron chi connectivity index (χ1n) is 9.64. The van der Waals surface area contributed by atoms with Crippen LogP contribution in [0.1, 0.15) is 30.6 Å². The highest BCUT2D eigenvalue weighted by Crippen LogP contribution is 2.47. The molecule has 0 atom stereocenters. The molecule has 4 rings (SSSR count). The van der Waals surface area contributed by atoms with Crippen LogP contribution in [0.15, 0.2) is 47.9 Å². The summed E-state index contributed by atoms with van der Waals surface area (Å²) in [6.07, 6.45) is 4.36. The first-order chi connectivity index (χ1) is 14.4. The van der Waals surface area contributed by atoms with E-state index in [1.807, 2.05) is 30.3 Å². The van der Waals surface area contributed by atoms with Crippen LogP contribution < -0.4 is 5.32 Å². The highest BCUT2D eigenvalue weighted by molar-refractivity contribution is 7.15. The molecule has 0 saturated heterocycles. The van der Waals surface area contributed by atoms with Crippen LogP contribution >= 0.6 is 11.3 Å². The van der Waals surface area contributed by atoms with Gasteiger partial charge in [-0.05, 0) is 19.3 Å². The van der Waals surface area contributed by atoms with Gasteiger partial charge in [-0.25, -0.2) is 4.98 Å². The van der Waals surface area contributed by atoms with Crippen molar-refractivity contribution in [3.63, 3.8) is 0 Å². The summed E-state index contributed by atoms with van der Waals surface area (Å²) in [7, 11) is 0. The molecular formula is C21H21N3O5S. The number of nitrogens with one attached hydrogen (secondary N) is 1. The number of carbonyl (C=O) groups is 3. The molecule has 30 heavy (non-hydrogen) atoms. The van der Waals surface area contributed by atoms with Crippen LogP contribution in [0.5, 0.6) is 0 Å². The monoisotopic (exact) mass is 427 g/mol. The lowest BCUT2D eigenvalue weighted by molar-refractivity contribution is -0.144. The number of nitrogens with zero attached hydrogens (tertiary/aromatic N) is 2. The van der Waals surface area contributed by atoms with Crippen LogP contribution in [0.25, 0.3) is 10.6 Å². The third kappa shape index (κ3) is 3.68. The number of aliphatic carboxylic acids is 1. The third-order valence-electron chi connectivity index (χ3n) is 5.62. The molecule has 9 heteroatoms. The molecule has 1 aliphatic carbocycles. The third-order valence-corrected chi connectivity index (χ3v) is 6.65. The van der Waals surface area contributed by atoms with E-state index in [4.69, 9.17) is 5.11 Å². The topological polar surface area (TPSA) is 120 Å². The zero-order valence-corrected chi connectivity index (χ0v) is 16.9. The van der Waals surface area contributed by atoms with Crippen LogP contribution in [-0.4, -0.2) is 50.0 Å². The van der Waals surface area contributed by atoms with Gasteiger partial charge in [-0.3, -0.25) is 14.4 Å². The minimum atomic E-state index is -1.22. The predicted molar refractivity (Wildman–Crippen MR) is 110 cm³/mol. The fourth-order valence-corrected chi connectivity index (χ4v) is 4.87. The number of carbonyl (C=O) groups excluding carboxylic acids is 2. The van der Waals surface area contributed by atoms with Crippen molar-refractivity contribution in [3.05, 3.63) is 52.7 Å². The number of hydrogen-bond acceptors (Lipinski definition) is 6. The summed E-state index contributed by atoms with van der Waals surface area (Å²) in [4.78, 5) is 43.3. The quantitative estimate of drug-likeness (QED) is 0.609.